The van der Waals surface area contributed by atoms with Gasteiger partial charge in [-0.05, 0) is 24.8 Å². The number of hydrogen-bond donors (Lipinski definition) is 0. The maximum absolute atomic E-state index is 13.6. The number of fused-ring (bicyclic) bond motifs is 1. The minimum Gasteiger partial charge on any atom is -0.618 e. The molecule has 0 fully saturated rings. The summed E-state index contributed by atoms with van der Waals surface area (Å²) in [7, 11) is 0. The highest BCUT2D eigenvalue weighted by Gasteiger charge is 2.58. The number of hydrogen-bond acceptors (Lipinski definition) is 4. The Labute approximate surface area is 171 Å². The Kier molecular flexibility index (Phi) is 5.81. The Bertz CT molecular complexity index is 1140. The summed E-state index contributed by atoms with van der Waals surface area (Å²) in [4.78, 5) is 17.2. The number of pyridine rings is 2. The Morgan fingerprint density at radius 3 is 2.47 bits per heavy atom. The van der Waals surface area contributed by atoms with Crippen molar-refractivity contribution in [3.8, 4) is 11.4 Å². The first-order chi connectivity index (χ1) is 14.0. The molecule has 0 aliphatic carbocycles. The molecule has 0 unspecified atom stereocenters. The third kappa shape index (κ3) is 3.75. The third-order valence-electron chi connectivity index (χ3n) is 4.46. The zero-order chi connectivity index (χ0) is 22.3. The van der Waals surface area contributed by atoms with Crippen LogP contribution in [0.1, 0.15) is 13.8 Å². The van der Waals surface area contributed by atoms with Gasteiger partial charge in [-0.3, -0.25) is 9.13 Å². The number of rotatable bonds is 6. The van der Waals surface area contributed by atoms with Gasteiger partial charge in [-0.1, -0.05) is 6.92 Å². The van der Waals surface area contributed by atoms with E-state index >= 15 is 0 Å². The fraction of sp³-hybridized carbons (Fsp3) is 0.389. The Hall–Kier alpha value is -2.63. The molecule has 0 N–H and O–H groups in total. The summed E-state index contributed by atoms with van der Waals surface area (Å²) in [5.41, 5.74) is -0.693. The van der Waals surface area contributed by atoms with Gasteiger partial charge in [0.05, 0.1) is 22.1 Å². The fourth-order valence-electron chi connectivity index (χ4n) is 3.07. The standard InChI is InChI=1S/C18H17F5N4O2S/c1-3-25-12-8-11(15-14(30-4-2)6-5-7-27(15)29)24-9-13(12)26(16(25)28)10-17(19,20)18(21,22)23/h5-9H,3-4,10H2,1-2H3. The molecule has 0 atom stereocenters. The van der Waals surface area contributed by atoms with Gasteiger partial charge in [0.1, 0.15) is 12.2 Å². The lowest BCUT2D eigenvalue weighted by molar-refractivity contribution is -0.595. The van der Waals surface area contributed by atoms with Crippen LogP contribution in [0.3, 0.4) is 0 Å². The van der Waals surface area contributed by atoms with E-state index in [0.29, 0.717) is 19.9 Å². The van der Waals surface area contributed by atoms with Gasteiger partial charge in [-0.2, -0.15) is 26.7 Å². The Morgan fingerprint density at radius 2 is 1.87 bits per heavy atom. The molecule has 162 valence electrons. The predicted octanol–water partition coefficient (Wildman–Crippen LogP) is 3.83. The number of aromatic nitrogens is 4. The van der Waals surface area contributed by atoms with E-state index in [1.54, 1.807) is 19.1 Å². The molecule has 3 rings (SSSR count). The lowest BCUT2D eigenvalue weighted by Crippen LogP contribution is -2.42. The molecule has 0 aliphatic rings. The van der Waals surface area contributed by atoms with Crippen molar-refractivity contribution in [1.29, 1.82) is 0 Å². The van der Waals surface area contributed by atoms with Crippen LogP contribution in [0.15, 0.2) is 40.3 Å². The van der Waals surface area contributed by atoms with Gasteiger partial charge in [-0.15, -0.1) is 11.8 Å². The number of imidazole rings is 1. The van der Waals surface area contributed by atoms with E-state index in [1.165, 1.54) is 24.0 Å². The van der Waals surface area contributed by atoms with Gasteiger partial charge in [0, 0.05) is 12.6 Å². The van der Waals surface area contributed by atoms with Crippen LogP contribution in [0.5, 0.6) is 0 Å². The molecule has 12 heteroatoms. The van der Waals surface area contributed by atoms with Crippen LogP contribution < -0.4 is 10.4 Å². The first-order valence-corrected chi connectivity index (χ1v) is 9.89. The summed E-state index contributed by atoms with van der Waals surface area (Å²) < 4.78 is 67.2. The van der Waals surface area contributed by atoms with Gasteiger partial charge < -0.3 is 5.21 Å². The monoisotopic (exact) mass is 448 g/mol. The van der Waals surface area contributed by atoms with E-state index < -0.39 is 24.3 Å². The van der Waals surface area contributed by atoms with Gasteiger partial charge in [-0.25, -0.2) is 9.78 Å². The number of thioether (sulfide) groups is 1. The van der Waals surface area contributed by atoms with Crippen molar-refractivity contribution < 1.29 is 26.7 Å². The van der Waals surface area contributed by atoms with E-state index in [-0.39, 0.29) is 29.0 Å². The molecule has 0 spiro atoms. The maximum atomic E-state index is 13.6. The number of halogens is 5. The van der Waals surface area contributed by atoms with Crippen molar-refractivity contribution in [2.24, 2.45) is 0 Å². The SMILES string of the molecule is CCSc1ccc[n+]([O-])c1-c1cc2c(cn1)n(CC(F)(F)C(F)(F)F)c(=O)n2CC. The molecule has 30 heavy (non-hydrogen) atoms. The Balaban J connectivity index is 2.22. The fourth-order valence-corrected chi connectivity index (χ4v) is 3.89. The minimum absolute atomic E-state index is 0.0338. The summed E-state index contributed by atoms with van der Waals surface area (Å²) in [6, 6.07) is 4.63. The van der Waals surface area contributed by atoms with E-state index in [4.69, 9.17) is 0 Å². The van der Waals surface area contributed by atoms with Crippen LogP contribution in [0.25, 0.3) is 22.4 Å². The number of aryl methyl sites for hydroxylation is 1. The molecule has 3 heterocycles. The third-order valence-corrected chi connectivity index (χ3v) is 5.39. The molecule has 3 aromatic rings. The zero-order valence-corrected chi connectivity index (χ0v) is 16.7. The van der Waals surface area contributed by atoms with Crippen LogP contribution in [-0.2, 0) is 13.1 Å². The van der Waals surface area contributed by atoms with Crippen molar-refractivity contribution >= 4 is 22.8 Å². The van der Waals surface area contributed by atoms with Crippen molar-refractivity contribution in [2.45, 2.75) is 43.9 Å². The second-order valence-corrected chi connectivity index (χ2v) is 7.66. The summed E-state index contributed by atoms with van der Waals surface area (Å²) in [6.45, 7) is 1.63. The maximum Gasteiger partial charge on any atom is 0.455 e. The van der Waals surface area contributed by atoms with Crippen molar-refractivity contribution in [1.82, 2.24) is 14.1 Å². The molecular formula is C18H17F5N4O2S. The van der Waals surface area contributed by atoms with Gasteiger partial charge in [0.25, 0.3) is 5.69 Å². The predicted molar refractivity (Wildman–Crippen MR) is 101 cm³/mol. The van der Waals surface area contributed by atoms with Gasteiger partial charge in [0.2, 0.25) is 0 Å². The molecule has 6 nitrogen and oxygen atoms in total. The molecule has 0 saturated heterocycles. The van der Waals surface area contributed by atoms with Crippen LogP contribution in [-0.4, -0.2) is 32.0 Å². The average molecular weight is 448 g/mol. The van der Waals surface area contributed by atoms with E-state index in [1.807, 2.05) is 6.92 Å². The lowest BCUT2D eigenvalue weighted by Gasteiger charge is -2.19. The smallest absolute Gasteiger partial charge is 0.455 e. The van der Waals surface area contributed by atoms with Crippen LogP contribution in [0.2, 0.25) is 0 Å². The highest BCUT2D eigenvalue weighted by Crippen LogP contribution is 2.37. The van der Waals surface area contributed by atoms with Crippen LogP contribution in [0.4, 0.5) is 22.0 Å². The highest BCUT2D eigenvalue weighted by atomic mass is 32.2. The number of alkyl halides is 5. The summed E-state index contributed by atoms with van der Waals surface area (Å²) in [5.74, 6) is -4.42. The summed E-state index contributed by atoms with van der Waals surface area (Å²) >= 11 is 1.39. The van der Waals surface area contributed by atoms with Crippen molar-refractivity contribution in [3.63, 3.8) is 0 Å². The second kappa shape index (κ2) is 7.89. The van der Waals surface area contributed by atoms with Crippen molar-refractivity contribution in [3.05, 3.63) is 46.3 Å². The van der Waals surface area contributed by atoms with E-state index in [2.05, 4.69) is 4.98 Å². The van der Waals surface area contributed by atoms with E-state index in [9.17, 15) is 32.0 Å². The van der Waals surface area contributed by atoms with Gasteiger partial charge in [0.15, 0.2) is 6.20 Å². The highest BCUT2D eigenvalue weighted by molar-refractivity contribution is 7.99. The first-order valence-electron chi connectivity index (χ1n) is 8.90. The molecule has 0 radical (unpaired) electrons. The average Bonchev–Trinajstić information content (AvgIpc) is 2.91. The minimum atomic E-state index is -5.80. The topological polar surface area (TPSA) is 66.8 Å². The molecule has 3 aromatic heterocycles. The largest absolute Gasteiger partial charge is 0.618 e. The van der Waals surface area contributed by atoms with Crippen LogP contribution >= 0.6 is 11.8 Å². The zero-order valence-electron chi connectivity index (χ0n) is 15.9. The number of nitrogens with zero attached hydrogens (tertiary/aromatic N) is 4. The first kappa shape index (κ1) is 22.1. The van der Waals surface area contributed by atoms with Crippen molar-refractivity contribution in [2.75, 3.05) is 5.75 Å². The Morgan fingerprint density at radius 1 is 1.17 bits per heavy atom. The molecule has 0 amide bonds. The molecule has 0 aliphatic heterocycles. The molecule has 0 bridgehead atoms. The normalized spacial score (nSPS) is 12.6. The quantitative estimate of drug-likeness (QED) is 0.249. The lowest BCUT2D eigenvalue weighted by atomic mass is 10.2. The summed E-state index contributed by atoms with van der Waals surface area (Å²) in [5, 5.41) is 12.3. The van der Waals surface area contributed by atoms with Gasteiger partial charge >= 0.3 is 17.8 Å². The molecular weight excluding hydrogens is 431 g/mol. The van der Waals surface area contributed by atoms with E-state index in [0.717, 1.165) is 10.8 Å². The molecule has 0 saturated carbocycles. The second-order valence-electron chi connectivity index (χ2n) is 6.35. The summed E-state index contributed by atoms with van der Waals surface area (Å²) in [6.07, 6.45) is -3.49. The van der Waals surface area contributed by atoms with Crippen LogP contribution in [0, 0.1) is 5.21 Å². The molecule has 0 aromatic carbocycles.